The molecule has 0 radical (unpaired) electrons. The second kappa shape index (κ2) is 11.3. The number of hydrogen-bond acceptors (Lipinski definition) is 3. The lowest BCUT2D eigenvalue weighted by atomic mass is 10.1. The maximum Gasteiger partial charge on any atom is 0.250 e. The van der Waals surface area contributed by atoms with Gasteiger partial charge in [0.05, 0.1) is 0 Å². The number of carbonyl (C=O) groups excluding carboxylic acids is 1. The first-order chi connectivity index (χ1) is 10.3. The molecule has 0 fully saturated rings. The minimum atomic E-state index is -0.110. The van der Waals surface area contributed by atoms with E-state index >= 15 is 0 Å². The molecule has 0 aliphatic rings. The molecule has 1 aromatic carbocycles. The van der Waals surface area contributed by atoms with Crippen molar-refractivity contribution < 1.29 is 9.53 Å². The van der Waals surface area contributed by atoms with Crippen molar-refractivity contribution in [3.63, 3.8) is 0 Å². The van der Waals surface area contributed by atoms with Gasteiger partial charge in [0.15, 0.2) is 0 Å². The number of nitrogens with two attached hydrogens (primary N) is 1. The molecule has 0 aliphatic carbocycles. The van der Waals surface area contributed by atoms with Crippen LogP contribution in [0.3, 0.4) is 0 Å². The van der Waals surface area contributed by atoms with Gasteiger partial charge in [-0.3, -0.25) is 4.79 Å². The Morgan fingerprint density at radius 3 is 2.43 bits per heavy atom. The summed E-state index contributed by atoms with van der Waals surface area (Å²) in [6.07, 6.45) is 7.35. The molecule has 0 aliphatic heterocycles. The fourth-order valence-electron chi connectivity index (χ4n) is 2.07. The molecule has 0 saturated heterocycles. The van der Waals surface area contributed by atoms with Crippen LogP contribution >= 0.6 is 0 Å². The Bertz CT molecular complexity index is 390. The lowest BCUT2D eigenvalue weighted by Crippen LogP contribution is -2.18. The number of carbonyl (C=O) groups is 1. The fourth-order valence-corrected chi connectivity index (χ4v) is 2.07. The van der Waals surface area contributed by atoms with E-state index in [-0.39, 0.29) is 12.5 Å². The van der Waals surface area contributed by atoms with Gasteiger partial charge in [-0.05, 0) is 24.1 Å². The molecule has 118 valence electrons. The van der Waals surface area contributed by atoms with Crippen LogP contribution in [0.2, 0.25) is 0 Å². The van der Waals surface area contributed by atoms with Gasteiger partial charge in [0.1, 0.15) is 6.61 Å². The summed E-state index contributed by atoms with van der Waals surface area (Å²) >= 11 is 0. The molecule has 0 aromatic heterocycles. The highest BCUT2D eigenvalue weighted by Gasteiger charge is 2.02. The van der Waals surface area contributed by atoms with Gasteiger partial charge in [0.2, 0.25) is 5.91 Å². The highest BCUT2D eigenvalue weighted by atomic mass is 16.5. The smallest absolute Gasteiger partial charge is 0.250 e. The Hall–Kier alpha value is -1.39. The number of anilines is 1. The van der Waals surface area contributed by atoms with Gasteiger partial charge >= 0.3 is 0 Å². The average Bonchev–Trinajstić information content (AvgIpc) is 2.50. The summed E-state index contributed by atoms with van der Waals surface area (Å²) in [7, 11) is 0. The summed E-state index contributed by atoms with van der Waals surface area (Å²) in [5.74, 6) is -0.110. The minimum Gasteiger partial charge on any atom is -0.372 e. The molecular formula is C17H28N2O2. The van der Waals surface area contributed by atoms with E-state index in [4.69, 9.17) is 10.5 Å². The van der Waals surface area contributed by atoms with Gasteiger partial charge in [-0.25, -0.2) is 0 Å². The van der Waals surface area contributed by atoms with Crippen molar-refractivity contribution in [2.24, 2.45) is 5.73 Å². The predicted molar refractivity (Wildman–Crippen MR) is 87.2 cm³/mol. The Labute approximate surface area is 128 Å². The normalized spacial score (nSPS) is 10.6. The number of nitrogens with one attached hydrogen (secondary N) is 1. The van der Waals surface area contributed by atoms with E-state index in [9.17, 15) is 4.79 Å². The van der Waals surface area contributed by atoms with Crippen LogP contribution in [0.25, 0.3) is 0 Å². The van der Waals surface area contributed by atoms with Crippen LogP contribution < -0.4 is 11.1 Å². The number of amides is 1. The molecule has 0 spiro atoms. The summed E-state index contributed by atoms with van der Waals surface area (Å²) in [6, 6.07) is 7.53. The SMILES string of the molecule is CCCCCCCCOCC(=O)Nc1ccc(CN)cc1. The van der Waals surface area contributed by atoms with Gasteiger partial charge < -0.3 is 15.8 Å². The van der Waals surface area contributed by atoms with E-state index in [1.54, 1.807) is 0 Å². The van der Waals surface area contributed by atoms with Gasteiger partial charge in [-0.1, -0.05) is 51.2 Å². The maximum atomic E-state index is 11.7. The van der Waals surface area contributed by atoms with Crippen molar-refractivity contribution >= 4 is 11.6 Å². The average molecular weight is 292 g/mol. The van der Waals surface area contributed by atoms with Crippen molar-refractivity contribution in [3.8, 4) is 0 Å². The zero-order chi connectivity index (χ0) is 15.3. The predicted octanol–water partition coefficient (Wildman–Crippen LogP) is 3.46. The summed E-state index contributed by atoms with van der Waals surface area (Å²) in [5.41, 5.74) is 7.35. The highest BCUT2D eigenvalue weighted by molar-refractivity contribution is 5.91. The third-order valence-corrected chi connectivity index (χ3v) is 3.35. The van der Waals surface area contributed by atoms with E-state index in [0.717, 1.165) is 17.7 Å². The first kappa shape index (κ1) is 17.7. The van der Waals surface area contributed by atoms with E-state index in [0.29, 0.717) is 13.2 Å². The van der Waals surface area contributed by atoms with Crippen molar-refractivity contribution in [3.05, 3.63) is 29.8 Å². The fraction of sp³-hybridized carbons (Fsp3) is 0.588. The monoisotopic (exact) mass is 292 g/mol. The van der Waals surface area contributed by atoms with Crippen LogP contribution in [-0.4, -0.2) is 19.1 Å². The standard InChI is InChI=1S/C17H28N2O2/c1-2-3-4-5-6-7-12-21-14-17(20)19-16-10-8-15(13-18)9-11-16/h8-11H,2-7,12-14,18H2,1H3,(H,19,20). The largest absolute Gasteiger partial charge is 0.372 e. The van der Waals surface area contributed by atoms with Crippen molar-refractivity contribution in [2.75, 3.05) is 18.5 Å². The van der Waals surface area contributed by atoms with Crippen LogP contribution in [0, 0.1) is 0 Å². The van der Waals surface area contributed by atoms with Crippen LogP contribution in [-0.2, 0) is 16.1 Å². The van der Waals surface area contributed by atoms with Crippen molar-refractivity contribution in [1.82, 2.24) is 0 Å². The Morgan fingerprint density at radius 1 is 1.10 bits per heavy atom. The van der Waals surface area contributed by atoms with Gasteiger partial charge in [0.25, 0.3) is 0 Å². The molecule has 0 heterocycles. The van der Waals surface area contributed by atoms with Crippen LogP contribution in [0.15, 0.2) is 24.3 Å². The summed E-state index contributed by atoms with van der Waals surface area (Å²) in [4.78, 5) is 11.7. The number of hydrogen-bond donors (Lipinski definition) is 2. The number of unbranched alkanes of at least 4 members (excludes halogenated alkanes) is 5. The topological polar surface area (TPSA) is 64.3 Å². The zero-order valence-electron chi connectivity index (χ0n) is 13.1. The Balaban J connectivity index is 2.05. The van der Waals surface area contributed by atoms with E-state index in [2.05, 4.69) is 12.2 Å². The molecule has 0 bridgehead atoms. The van der Waals surface area contributed by atoms with Crippen molar-refractivity contribution in [1.29, 1.82) is 0 Å². The number of benzene rings is 1. The quantitative estimate of drug-likeness (QED) is 0.614. The Kier molecular flexibility index (Phi) is 9.49. The summed E-state index contributed by atoms with van der Waals surface area (Å²) < 4.78 is 5.39. The third-order valence-electron chi connectivity index (χ3n) is 3.35. The molecule has 21 heavy (non-hydrogen) atoms. The minimum absolute atomic E-state index is 0.110. The van der Waals surface area contributed by atoms with E-state index in [1.165, 1.54) is 32.1 Å². The van der Waals surface area contributed by atoms with Gasteiger partial charge in [-0.15, -0.1) is 0 Å². The van der Waals surface area contributed by atoms with E-state index in [1.807, 2.05) is 24.3 Å². The molecule has 1 aromatic rings. The molecule has 4 nitrogen and oxygen atoms in total. The summed E-state index contributed by atoms with van der Waals surface area (Å²) in [5, 5.41) is 2.81. The summed E-state index contributed by atoms with van der Waals surface area (Å²) in [6.45, 7) is 3.50. The lowest BCUT2D eigenvalue weighted by molar-refractivity contribution is -0.120. The zero-order valence-corrected chi connectivity index (χ0v) is 13.1. The van der Waals surface area contributed by atoms with Crippen molar-refractivity contribution in [2.45, 2.75) is 52.0 Å². The molecule has 0 atom stereocenters. The number of ether oxygens (including phenoxy) is 1. The van der Waals surface area contributed by atoms with Crippen LogP contribution in [0.5, 0.6) is 0 Å². The second-order valence-corrected chi connectivity index (χ2v) is 5.27. The van der Waals surface area contributed by atoms with E-state index < -0.39 is 0 Å². The molecule has 0 saturated carbocycles. The molecule has 3 N–H and O–H groups in total. The molecular weight excluding hydrogens is 264 g/mol. The first-order valence-corrected chi connectivity index (χ1v) is 7.93. The molecule has 0 unspecified atom stereocenters. The van der Waals surface area contributed by atoms with Gasteiger partial charge in [0, 0.05) is 18.8 Å². The van der Waals surface area contributed by atoms with Gasteiger partial charge in [-0.2, -0.15) is 0 Å². The molecule has 4 heteroatoms. The number of rotatable bonds is 11. The lowest BCUT2D eigenvalue weighted by Gasteiger charge is -2.07. The maximum absolute atomic E-state index is 11.7. The first-order valence-electron chi connectivity index (χ1n) is 7.93. The van der Waals surface area contributed by atoms with Crippen LogP contribution in [0.4, 0.5) is 5.69 Å². The molecule has 1 amide bonds. The van der Waals surface area contributed by atoms with Crippen LogP contribution in [0.1, 0.15) is 51.0 Å². The Morgan fingerprint density at radius 2 is 1.76 bits per heavy atom. The molecule has 1 rings (SSSR count). The third kappa shape index (κ3) is 8.48. The second-order valence-electron chi connectivity index (χ2n) is 5.27. The highest BCUT2D eigenvalue weighted by Crippen LogP contribution is 2.09.